The minimum absolute atomic E-state index is 0.0143. The predicted octanol–water partition coefficient (Wildman–Crippen LogP) is 7.10. The first-order valence-electron chi connectivity index (χ1n) is 10.8. The van der Waals surface area contributed by atoms with Gasteiger partial charge in [0.05, 0.1) is 0 Å². The van der Waals surface area contributed by atoms with Gasteiger partial charge in [-0.1, -0.05) is 50.3 Å². The standard InChI is InChI=1S/C17H16N2O2.C9H12.C2H6/c1-3-4-17(21)19-16-7-5-13(6-8-16)15-9-14(12(2)20)10-18-11-15;1-7-5-4-6-8(2)9(7)3;1-2/h3-11H,1-2H3,(H,19,21);4-6H,1-3H3;1-2H3/b4-3+;;. The number of nitrogens with one attached hydrogen (secondary N) is 1. The number of carbonyl (C=O) groups excluding carboxylic acids is 2. The van der Waals surface area contributed by atoms with Gasteiger partial charge < -0.3 is 5.32 Å². The maximum absolute atomic E-state index is 11.4. The van der Waals surface area contributed by atoms with Gasteiger partial charge in [0.25, 0.3) is 0 Å². The monoisotopic (exact) mass is 430 g/mol. The smallest absolute Gasteiger partial charge is 0.248 e. The lowest BCUT2D eigenvalue weighted by molar-refractivity contribution is -0.111. The Balaban J connectivity index is 0.000000388. The molecular weight excluding hydrogens is 396 g/mol. The average molecular weight is 431 g/mol. The van der Waals surface area contributed by atoms with Crippen molar-refractivity contribution in [2.24, 2.45) is 0 Å². The number of rotatable bonds is 4. The van der Waals surface area contributed by atoms with Crippen LogP contribution < -0.4 is 5.32 Å². The molecule has 0 saturated heterocycles. The van der Waals surface area contributed by atoms with E-state index in [2.05, 4.69) is 49.3 Å². The van der Waals surface area contributed by atoms with Crippen LogP contribution in [-0.2, 0) is 4.79 Å². The van der Waals surface area contributed by atoms with Crippen LogP contribution in [0.25, 0.3) is 11.1 Å². The molecule has 1 amide bonds. The van der Waals surface area contributed by atoms with Crippen LogP contribution in [0.15, 0.2) is 73.1 Å². The third kappa shape index (κ3) is 8.31. The number of nitrogens with zero attached hydrogens (tertiary/aromatic N) is 1. The molecule has 4 nitrogen and oxygen atoms in total. The minimum atomic E-state index is -0.162. The molecule has 0 bridgehead atoms. The number of hydrogen-bond acceptors (Lipinski definition) is 3. The van der Waals surface area contributed by atoms with Crippen molar-refractivity contribution < 1.29 is 9.59 Å². The van der Waals surface area contributed by atoms with Crippen molar-refractivity contribution in [3.05, 3.63) is 95.3 Å². The zero-order valence-electron chi connectivity index (χ0n) is 20.2. The fourth-order valence-corrected chi connectivity index (χ4v) is 2.77. The number of Topliss-reactive ketones (excluding diaryl/α,β-unsaturated/α-hetero) is 1. The number of pyridine rings is 1. The van der Waals surface area contributed by atoms with Crippen LogP contribution in [0, 0.1) is 20.8 Å². The van der Waals surface area contributed by atoms with Gasteiger partial charge in [0.15, 0.2) is 5.78 Å². The van der Waals surface area contributed by atoms with E-state index in [0.29, 0.717) is 5.56 Å². The quantitative estimate of drug-likeness (QED) is 0.354. The first kappa shape index (κ1) is 26.5. The van der Waals surface area contributed by atoms with Crippen LogP contribution in [0.4, 0.5) is 5.69 Å². The average Bonchev–Trinajstić information content (AvgIpc) is 2.80. The highest BCUT2D eigenvalue weighted by Crippen LogP contribution is 2.21. The van der Waals surface area contributed by atoms with Gasteiger partial charge in [0.2, 0.25) is 5.91 Å². The van der Waals surface area contributed by atoms with Crippen LogP contribution in [0.3, 0.4) is 0 Å². The number of amides is 1. The van der Waals surface area contributed by atoms with Crippen LogP contribution in [0.2, 0.25) is 0 Å². The van der Waals surface area contributed by atoms with Crippen molar-refractivity contribution in [1.29, 1.82) is 0 Å². The number of anilines is 1. The van der Waals surface area contributed by atoms with Gasteiger partial charge in [0, 0.05) is 29.2 Å². The van der Waals surface area contributed by atoms with Gasteiger partial charge in [-0.2, -0.15) is 0 Å². The molecule has 3 aromatic rings. The fraction of sp³-hybridized carbons (Fsp3) is 0.250. The fourth-order valence-electron chi connectivity index (χ4n) is 2.77. The van der Waals surface area contributed by atoms with Gasteiger partial charge in [-0.05, 0) is 81.1 Å². The zero-order chi connectivity index (χ0) is 24.1. The molecule has 0 aliphatic rings. The molecular formula is C28H34N2O2. The zero-order valence-corrected chi connectivity index (χ0v) is 20.2. The summed E-state index contributed by atoms with van der Waals surface area (Å²) < 4.78 is 0. The van der Waals surface area contributed by atoms with Gasteiger partial charge in [-0.3, -0.25) is 14.6 Å². The molecule has 0 aliphatic heterocycles. The second kappa shape index (κ2) is 13.7. The molecule has 1 heterocycles. The third-order valence-corrected chi connectivity index (χ3v) is 4.82. The number of carbonyl (C=O) groups is 2. The molecule has 4 heteroatoms. The summed E-state index contributed by atoms with van der Waals surface area (Å²) in [6.45, 7) is 13.7. The van der Waals surface area contributed by atoms with E-state index in [1.165, 1.54) is 29.7 Å². The summed E-state index contributed by atoms with van der Waals surface area (Å²) in [5.41, 5.74) is 7.29. The Labute approximate surface area is 192 Å². The van der Waals surface area contributed by atoms with Crippen molar-refractivity contribution in [2.45, 2.75) is 48.5 Å². The van der Waals surface area contributed by atoms with E-state index in [0.717, 1.165) is 16.8 Å². The van der Waals surface area contributed by atoms with Gasteiger partial charge in [-0.25, -0.2) is 0 Å². The highest BCUT2D eigenvalue weighted by atomic mass is 16.1. The summed E-state index contributed by atoms with van der Waals surface area (Å²) in [4.78, 5) is 26.9. The van der Waals surface area contributed by atoms with E-state index in [4.69, 9.17) is 0 Å². The molecule has 0 radical (unpaired) electrons. The van der Waals surface area contributed by atoms with Crippen molar-refractivity contribution in [3.63, 3.8) is 0 Å². The molecule has 3 rings (SSSR count). The molecule has 1 aromatic heterocycles. The molecule has 0 saturated carbocycles. The van der Waals surface area contributed by atoms with Crippen LogP contribution in [-0.4, -0.2) is 16.7 Å². The Morgan fingerprint density at radius 3 is 1.97 bits per heavy atom. The predicted molar refractivity (Wildman–Crippen MR) is 135 cm³/mol. The topological polar surface area (TPSA) is 59.1 Å². The van der Waals surface area contributed by atoms with E-state index in [1.54, 1.807) is 25.4 Å². The Hall–Kier alpha value is -3.53. The van der Waals surface area contributed by atoms with Crippen LogP contribution in [0.5, 0.6) is 0 Å². The third-order valence-electron chi connectivity index (χ3n) is 4.82. The van der Waals surface area contributed by atoms with Crippen LogP contribution >= 0.6 is 0 Å². The van der Waals surface area contributed by atoms with E-state index >= 15 is 0 Å². The molecule has 0 fully saturated rings. The molecule has 0 unspecified atom stereocenters. The Bertz CT molecular complexity index is 1030. The molecule has 0 atom stereocenters. The van der Waals surface area contributed by atoms with E-state index in [1.807, 2.05) is 44.2 Å². The lowest BCUT2D eigenvalue weighted by Gasteiger charge is -2.06. The van der Waals surface area contributed by atoms with Crippen molar-refractivity contribution >= 4 is 17.4 Å². The summed E-state index contributed by atoms with van der Waals surface area (Å²) in [5.74, 6) is -0.176. The Kier molecular flexibility index (Phi) is 11.4. The van der Waals surface area contributed by atoms with Crippen molar-refractivity contribution in [1.82, 2.24) is 4.98 Å². The summed E-state index contributed by atoms with van der Waals surface area (Å²) in [6.07, 6.45) is 6.41. The number of allylic oxidation sites excluding steroid dienone is 1. The molecule has 0 spiro atoms. The molecule has 168 valence electrons. The first-order valence-corrected chi connectivity index (χ1v) is 10.8. The summed E-state index contributed by atoms with van der Waals surface area (Å²) >= 11 is 0. The number of aryl methyl sites for hydroxylation is 2. The largest absolute Gasteiger partial charge is 0.323 e. The van der Waals surface area contributed by atoms with Crippen molar-refractivity contribution in [3.8, 4) is 11.1 Å². The Morgan fingerprint density at radius 1 is 0.875 bits per heavy atom. The SMILES string of the molecule is C/C=C/C(=O)Nc1ccc(-c2cncc(C(C)=O)c2)cc1.CC.Cc1cccc(C)c1C. The molecule has 0 aliphatic carbocycles. The lowest BCUT2D eigenvalue weighted by Crippen LogP contribution is -2.07. The second-order valence-electron chi connectivity index (χ2n) is 7.10. The van der Waals surface area contributed by atoms with E-state index in [-0.39, 0.29) is 11.7 Å². The first-order chi connectivity index (χ1) is 15.3. The summed E-state index contributed by atoms with van der Waals surface area (Å²) in [5, 5.41) is 2.76. The van der Waals surface area contributed by atoms with E-state index in [9.17, 15) is 9.59 Å². The number of ketones is 1. The summed E-state index contributed by atoms with van der Waals surface area (Å²) in [7, 11) is 0. The number of hydrogen-bond donors (Lipinski definition) is 1. The second-order valence-corrected chi connectivity index (χ2v) is 7.10. The van der Waals surface area contributed by atoms with Crippen LogP contribution in [0.1, 0.15) is 54.7 Å². The maximum Gasteiger partial charge on any atom is 0.248 e. The normalized spacial score (nSPS) is 9.84. The maximum atomic E-state index is 11.4. The Morgan fingerprint density at radius 2 is 1.47 bits per heavy atom. The van der Waals surface area contributed by atoms with E-state index < -0.39 is 0 Å². The minimum Gasteiger partial charge on any atom is -0.323 e. The van der Waals surface area contributed by atoms with Crippen molar-refractivity contribution in [2.75, 3.05) is 5.32 Å². The van der Waals surface area contributed by atoms with Gasteiger partial charge in [-0.15, -0.1) is 0 Å². The highest BCUT2D eigenvalue weighted by Gasteiger charge is 2.04. The highest BCUT2D eigenvalue weighted by molar-refractivity contribution is 5.99. The number of benzene rings is 2. The molecule has 2 aromatic carbocycles. The number of aromatic nitrogens is 1. The van der Waals surface area contributed by atoms with Gasteiger partial charge >= 0.3 is 0 Å². The lowest BCUT2D eigenvalue weighted by atomic mass is 10.0. The molecule has 32 heavy (non-hydrogen) atoms. The molecule has 1 N–H and O–H groups in total. The summed E-state index contributed by atoms with van der Waals surface area (Å²) in [6, 6.07) is 15.6. The van der Waals surface area contributed by atoms with Gasteiger partial charge in [0.1, 0.15) is 0 Å².